The number of anilines is 1. The predicted octanol–water partition coefficient (Wildman–Crippen LogP) is 3.97. The van der Waals surface area contributed by atoms with Crippen molar-refractivity contribution < 1.29 is 4.79 Å². The number of hydrogen-bond donors (Lipinski definition) is 1. The molecule has 144 valence electrons. The van der Waals surface area contributed by atoms with Gasteiger partial charge < -0.3 is 10.2 Å². The molecule has 1 aliphatic heterocycles. The Morgan fingerprint density at radius 2 is 2.04 bits per heavy atom. The summed E-state index contributed by atoms with van der Waals surface area (Å²) in [6, 6.07) is 9.72. The zero-order valence-corrected chi connectivity index (χ0v) is 16.7. The molecular weight excluding hydrogens is 368 g/mol. The molecule has 3 aromatic rings. The quantitative estimate of drug-likeness (QED) is 0.730. The number of nitrogens with one attached hydrogen (secondary N) is 1. The smallest absolute Gasteiger partial charge is 0.251 e. The Balaban J connectivity index is 1.41. The van der Waals surface area contributed by atoms with Gasteiger partial charge in [-0.1, -0.05) is 18.2 Å². The molecule has 1 unspecified atom stereocenters. The normalized spacial score (nSPS) is 19.0. The van der Waals surface area contributed by atoms with Crippen molar-refractivity contribution >= 4 is 33.3 Å². The molecule has 6 heteroatoms. The van der Waals surface area contributed by atoms with Gasteiger partial charge in [0.2, 0.25) is 0 Å². The van der Waals surface area contributed by atoms with E-state index in [1.807, 2.05) is 41.7 Å². The van der Waals surface area contributed by atoms with Crippen LogP contribution in [0, 0.1) is 0 Å². The first kappa shape index (κ1) is 17.6. The SMILES string of the molecule is O=C(NCC1CCCCN1c1ncnc2sc3c(c12)CCC3)c1ccccc1. The molecule has 1 aromatic carbocycles. The van der Waals surface area contributed by atoms with Gasteiger partial charge in [-0.15, -0.1) is 11.3 Å². The number of hydrogen-bond acceptors (Lipinski definition) is 5. The number of aryl methyl sites for hydroxylation is 2. The monoisotopic (exact) mass is 392 g/mol. The van der Waals surface area contributed by atoms with Gasteiger partial charge in [0.25, 0.3) is 5.91 Å². The molecule has 1 N–H and O–H groups in total. The molecule has 0 spiro atoms. The Morgan fingerprint density at radius 3 is 2.93 bits per heavy atom. The van der Waals surface area contributed by atoms with Crippen LogP contribution in [0.5, 0.6) is 0 Å². The fourth-order valence-corrected chi connectivity index (χ4v) is 5.75. The van der Waals surface area contributed by atoms with E-state index in [0.717, 1.165) is 30.0 Å². The van der Waals surface area contributed by atoms with Crippen LogP contribution in [0.3, 0.4) is 0 Å². The van der Waals surface area contributed by atoms with Crippen LogP contribution in [0.15, 0.2) is 36.7 Å². The molecule has 2 aromatic heterocycles. The zero-order valence-electron chi connectivity index (χ0n) is 15.9. The maximum absolute atomic E-state index is 12.5. The molecule has 1 atom stereocenters. The number of fused-ring (bicyclic) bond motifs is 3. The van der Waals surface area contributed by atoms with E-state index in [2.05, 4.69) is 15.2 Å². The van der Waals surface area contributed by atoms with Crippen LogP contribution < -0.4 is 10.2 Å². The van der Waals surface area contributed by atoms with Gasteiger partial charge in [0, 0.05) is 29.6 Å². The van der Waals surface area contributed by atoms with Gasteiger partial charge in [-0.25, -0.2) is 9.97 Å². The van der Waals surface area contributed by atoms with Crippen molar-refractivity contribution in [2.45, 2.75) is 44.6 Å². The molecule has 1 fully saturated rings. The third-order valence-corrected chi connectivity index (χ3v) is 7.11. The van der Waals surface area contributed by atoms with Crippen molar-refractivity contribution in [1.29, 1.82) is 0 Å². The van der Waals surface area contributed by atoms with Crippen LogP contribution in [-0.2, 0) is 12.8 Å². The molecule has 1 saturated heterocycles. The summed E-state index contributed by atoms with van der Waals surface area (Å²) in [6.07, 6.45) is 8.69. The fraction of sp³-hybridized carbons (Fsp3) is 0.409. The van der Waals surface area contributed by atoms with Gasteiger partial charge in [0.05, 0.1) is 5.39 Å². The number of amides is 1. The molecule has 0 bridgehead atoms. The topological polar surface area (TPSA) is 58.1 Å². The Bertz CT molecular complexity index is 1000. The summed E-state index contributed by atoms with van der Waals surface area (Å²) in [5.41, 5.74) is 2.18. The number of rotatable bonds is 4. The Morgan fingerprint density at radius 1 is 1.14 bits per heavy atom. The first-order valence-electron chi connectivity index (χ1n) is 10.2. The van der Waals surface area contributed by atoms with E-state index in [-0.39, 0.29) is 11.9 Å². The molecule has 2 aliphatic rings. The molecule has 5 nitrogen and oxygen atoms in total. The standard InChI is InChI=1S/C22H24N4OS/c27-21(15-7-2-1-3-8-15)23-13-16-9-4-5-12-26(16)20-19-17-10-6-11-18(17)28-22(19)25-14-24-20/h1-3,7-8,14,16H,4-6,9-13H2,(H,23,27). The minimum atomic E-state index is -0.00428. The minimum Gasteiger partial charge on any atom is -0.351 e. The van der Waals surface area contributed by atoms with Crippen molar-refractivity contribution in [3.05, 3.63) is 52.7 Å². The largest absolute Gasteiger partial charge is 0.351 e. The summed E-state index contributed by atoms with van der Waals surface area (Å²) in [7, 11) is 0. The van der Waals surface area contributed by atoms with E-state index in [4.69, 9.17) is 4.98 Å². The highest BCUT2D eigenvalue weighted by atomic mass is 32.1. The van der Waals surface area contributed by atoms with Crippen LogP contribution in [-0.4, -0.2) is 35.0 Å². The van der Waals surface area contributed by atoms with Crippen molar-refractivity contribution in [2.24, 2.45) is 0 Å². The fourth-order valence-electron chi connectivity index (χ4n) is 4.52. The second-order valence-corrected chi connectivity index (χ2v) is 8.74. The van der Waals surface area contributed by atoms with Crippen LogP contribution in [0.25, 0.3) is 10.2 Å². The lowest BCUT2D eigenvalue weighted by atomic mass is 10.0. The number of carbonyl (C=O) groups excluding carboxylic acids is 1. The molecule has 28 heavy (non-hydrogen) atoms. The van der Waals surface area contributed by atoms with E-state index in [9.17, 15) is 4.79 Å². The highest BCUT2D eigenvalue weighted by Gasteiger charge is 2.29. The summed E-state index contributed by atoms with van der Waals surface area (Å²) in [5, 5.41) is 4.41. The van der Waals surface area contributed by atoms with Crippen molar-refractivity contribution in [1.82, 2.24) is 15.3 Å². The van der Waals surface area contributed by atoms with Crippen LogP contribution in [0.2, 0.25) is 0 Å². The number of nitrogens with zero attached hydrogens (tertiary/aromatic N) is 3. The number of piperidine rings is 1. The van der Waals surface area contributed by atoms with Gasteiger partial charge in [-0.05, 0) is 56.2 Å². The van der Waals surface area contributed by atoms with E-state index in [0.29, 0.717) is 12.1 Å². The Labute approximate surface area is 168 Å². The van der Waals surface area contributed by atoms with Crippen LogP contribution in [0.4, 0.5) is 5.82 Å². The van der Waals surface area contributed by atoms with E-state index >= 15 is 0 Å². The number of aromatic nitrogens is 2. The lowest BCUT2D eigenvalue weighted by Crippen LogP contribution is -2.47. The highest BCUT2D eigenvalue weighted by Crippen LogP contribution is 2.41. The summed E-state index contributed by atoms with van der Waals surface area (Å²) >= 11 is 1.83. The summed E-state index contributed by atoms with van der Waals surface area (Å²) in [4.78, 5) is 26.8. The van der Waals surface area contributed by atoms with Crippen molar-refractivity contribution in [3.63, 3.8) is 0 Å². The molecular formula is C22H24N4OS. The number of thiophene rings is 1. The van der Waals surface area contributed by atoms with Gasteiger partial charge in [-0.3, -0.25) is 4.79 Å². The first-order valence-corrected chi connectivity index (χ1v) is 11.0. The molecule has 0 radical (unpaired) electrons. The van der Waals surface area contributed by atoms with Gasteiger partial charge in [-0.2, -0.15) is 0 Å². The van der Waals surface area contributed by atoms with Crippen molar-refractivity contribution in [2.75, 3.05) is 18.0 Å². The third kappa shape index (κ3) is 3.15. The van der Waals surface area contributed by atoms with Gasteiger partial charge >= 0.3 is 0 Å². The van der Waals surface area contributed by atoms with E-state index in [1.54, 1.807) is 6.33 Å². The zero-order chi connectivity index (χ0) is 18.9. The Hall–Kier alpha value is -2.47. The molecule has 0 saturated carbocycles. The lowest BCUT2D eigenvalue weighted by Gasteiger charge is -2.37. The van der Waals surface area contributed by atoms with Crippen molar-refractivity contribution in [3.8, 4) is 0 Å². The molecule has 1 aliphatic carbocycles. The van der Waals surface area contributed by atoms with E-state index < -0.39 is 0 Å². The predicted molar refractivity (Wildman–Crippen MR) is 113 cm³/mol. The first-order chi connectivity index (χ1) is 13.8. The summed E-state index contributed by atoms with van der Waals surface area (Å²) in [5.74, 6) is 1.07. The average Bonchev–Trinajstić information content (AvgIpc) is 3.34. The maximum Gasteiger partial charge on any atom is 0.251 e. The minimum absolute atomic E-state index is 0.00428. The second kappa shape index (κ2) is 7.51. The van der Waals surface area contributed by atoms with Gasteiger partial charge in [0.15, 0.2) is 0 Å². The second-order valence-electron chi connectivity index (χ2n) is 7.65. The summed E-state index contributed by atoms with van der Waals surface area (Å²) in [6.45, 7) is 1.63. The maximum atomic E-state index is 12.5. The third-order valence-electron chi connectivity index (χ3n) is 5.91. The number of benzene rings is 1. The van der Waals surface area contributed by atoms with Crippen LogP contribution in [0.1, 0.15) is 46.5 Å². The lowest BCUT2D eigenvalue weighted by molar-refractivity contribution is 0.0949. The van der Waals surface area contributed by atoms with Gasteiger partial charge in [0.1, 0.15) is 17.0 Å². The van der Waals surface area contributed by atoms with Crippen LogP contribution >= 0.6 is 11.3 Å². The highest BCUT2D eigenvalue weighted by molar-refractivity contribution is 7.19. The average molecular weight is 393 g/mol. The molecule has 1 amide bonds. The molecule has 3 heterocycles. The number of carbonyl (C=O) groups is 1. The Kier molecular flexibility index (Phi) is 4.72. The summed E-state index contributed by atoms with van der Waals surface area (Å²) < 4.78 is 0. The van der Waals surface area contributed by atoms with E-state index in [1.165, 1.54) is 41.5 Å². The molecule has 5 rings (SSSR count).